The first-order valence-corrected chi connectivity index (χ1v) is 11.6. The fraction of sp³-hybridized carbons (Fsp3) is 0.435. The summed E-state index contributed by atoms with van der Waals surface area (Å²) in [6.07, 6.45) is 0.769. The molecule has 0 N–H and O–H groups in total. The summed E-state index contributed by atoms with van der Waals surface area (Å²) >= 11 is 1.92. The van der Waals surface area contributed by atoms with Crippen LogP contribution in [0.25, 0.3) is 0 Å². The van der Waals surface area contributed by atoms with E-state index in [2.05, 4.69) is 39.0 Å². The second kappa shape index (κ2) is 7.90. The van der Waals surface area contributed by atoms with E-state index in [1.54, 1.807) is 6.07 Å². The van der Waals surface area contributed by atoms with Crippen molar-refractivity contribution in [2.75, 3.05) is 54.0 Å². The van der Waals surface area contributed by atoms with Crippen molar-refractivity contribution in [2.24, 2.45) is 5.92 Å². The van der Waals surface area contributed by atoms with E-state index in [0.29, 0.717) is 12.2 Å². The second-order valence-corrected chi connectivity index (χ2v) is 9.26. The first-order chi connectivity index (χ1) is 14.2. The van der Waals surface area contributed by atoms with Gasteiger partial charge in [0, 0.05) is 49.9 Å². The molecule has 4 nitrogen and oxygen atoms in total. The van der Waals surface area contributed by atoms with Gasteiger partial charge in [0.2, 0.25) is 5.91 Å². The number of halogens is 1. The fourth-order valence-corrected chi connectivity index (χ4v) is 5.89. The summed E-state index contributed by atoms with van der Waals surface area (Å²) in [5.74, 6) is 2.04. The number of amides is 1. The molecule has 3 heterocycles. The Labute approximate surface area is 175 Å². The van der Waals surface area contributed by atoms with Gasteiger partial charge in [-0.2, -0.15) is 11.8 Å². The summed E-state index contributed by atoms with van der Waals surface area (Å²) in [6, 6.07) is 15.5. The number of para-hydroxylation sites is 2. The van der Waals surface area contributed by atoms with Gasteiger partial charge in [-0.25, -0.2) is 4.39 Å². The molecule has 2 aromatic rings. The van der Waals surface area contributed by atoms with Crippen LogP contribution in [0.3, 0.4) is 0 Å². The molecule has 2 unspecified atom stereocenters. The van der Waals surface area contributed by atoms with Crippen LogP contribution in [0.2, 0.25) is 0 Å². The second-order valence-electron chi connectivity index (χ2n) is 8.04. The number of hydrogen-bond donors (Lipinski definition) is 0. The number of carbonyl (C=O) groups is 1. The zero-order chi connectivity index (χ0) is 19.8. The number of fused-ring (bicyclic) bond motifs is 3. The van der Waals surface area contributed by atoms with E-state index < -0.39 is 0 Å². The Hall–Kier alpha value is -2.21. The van der Waals surface area contributed by atoms with E-state index in [4.69, 9.17) is 0 Å². The molecule has 2 atom stereocenters. The Morgan fingerprint density at radius 3 is 2.45 bits per heavy atom. The first kappa shape index (κ1) is 18.8. The third-order valence-corrected chi connectivity index (χ3v) is 7.40. The molecule has 2 fully saturated rings. The standard InChI is InChI=1S/C23H26FN3OS/c24-19-6-2-4-8-21(19)26-9-10-27-20-7-3-1-5-17(20)15-18(22(27)16-26)23(28)25-11-13-29-14-12-25/h1-8,18,22H,9-16H2. The quantitative estimate of drug-likeness (QED) is 0.758. The highest BCUT2D eigenvalue weighted by molar-refractivity contribution is 7.99. The Morgan fingerprint density at radius 2 is 1.66 bits per heavy atom. The highest BCUT2D eigenvalue weighted by Gasteiger charge is 2.43. The highest BCUT2D eigenvalue weighted by atomic mass is 32.2. The lowest BCUT2D eigenvalue weighted by atomic mass is 9.83. The molecule has 0 radical (unpaired) electrons. The molecule has 2 saturated heterocycles. The predicted octanol–water partition coefficient (Wildman–Crippen LogP) is 3.27. The van der Waals surface area contributed by atoms with E-state index in [0.717, 1.165) is 44.1 Å². The van der Waals surface area contributed by atoms with Gasteiger partial charge < -0.3 is 14.7 Å². The number of piperazine rings is 1. The first-order valence-electron chi connectivity index (χ1n) is 10.4. The number of benzene rings is 2. The maximum atomic E-state index is 14.5. The molecule has 6 heteroatoms. The Kier molecular flexibility index (Phi) is 5.12. The lowest BCUT2D eigenvalue weighted by Crippen LogP contribution is -2.62. The fourth-order valence-electron chi connectivity index (χ4n) is 4.99. The van der Waals surface area contributed by atoms with Gasteiger partial charge in [0.15, 0.2) is 0 Å². The predicted molar refractivity (Wildman–Crippen MR) is 117 cm³/mol. The van der Waals surface area contributed by atoms with Crippen molar-refractivity contribution in [3.8, 4) is 0 Å². The minimum Gasteiger partial charge on any atom is -0.365 e. The van der Waals surface area contributed by atoms with Gasteiger partial charge in [-0.1, -0.05) is 30.3 Å². The van der Waals surface area contributed by atoms with Crippen molar-refractivity contribution in [3.63, 3.8) is 0 Å². The summed E-state index contributed by atoms with van der Waals surface area (Å²) in [5, 5.41) is 0. The molecule has 5 rings (SSSR count). The lowest BCUT2D eigenvalue weighted by Gasteiger charge is -2.50. The zero-order valence-electron chi connectivity index (χ0n) is 16.5. The molecular weight excluding hydrogens is 385 g/mol. The maximum Gasteiger partial charge on any atom is 0.228 e. The van der Waals surface area contributed by atoms with Gasteiger partial charge >= 0.3 is 0 Å². The van der Waals surface area contributed by atoms with Crippen molar-refractivity contribution in [1.82, 2.24) is 4.90 Å². The van der Waals surface area contributed by atoms with Gasteiger partial charge in [0.25, 0.3) is 0 Å². The van der Waals surface area contributed by atoms with Crippen LogP contribution in [0.5, 0.6) is 0 Å². The molecule has 0 spiro atoms. The summed E-state index contributed by atoms with van der Waals surface area (Å²) < 4.78 is 14.5. The molecule has 0 aliphatic carbocycles. The monoisotopic (exact) mass is 411 g/mol. The molecule has 3 aliphatic heterocycles. The number of rotatable bonds is 2. The molecule has 3 aliphatic rings. The van der Waals surface area contributed by atoms with Crippen LogP contribution in [-0.2, 0) is 11.2 Å². The zero-order valence-corrected chi connectivity index (χ0v) is 17.3. The summed E-state index contributed by atoms with van der Waals surface area (Å²) in [7, 11) is 0. The summed E-state index contributed by atoms with van der Waals surface area (Å²) in [5.41, 5.74) is 3.14. The third-order valence-electron chi connectivity index (χ3n) is 6.46. The molecule has 1 amide bonds. The van der Waals surface area contributed by atoms with E-state index in [1.165, 1.54) is 17.3 Å². The number of thioether (sulfide) groups is 1. The molecule has 29 heavy (non-hydrogen) atoms. The average Bonchev–Trinajstić information content (AvgIpc) is 2.78. The molecule has 0 aromatic heterocycles. The number of hydrogen-bond acceptors (Lipinski definition) is 4. The topological polar surface area (TPSA) is 26.8 Å². The van der Waals surface area contributed by atoms with Crippen LogP contribution in [0.1, 0.15) is 5.56 Å². The molecule has 2 aromatic carbocycles. The van der Waals surface area contributed by atoms with Crippen molar-refractivity contribution >= 4 is 29.0 Å². The van der Waals surface area contributed by atoms with E-state index in [1.807, 2.05) is 23.9 Å². The minimum atomic E-state index is -0.187. The Morgan fingerprint density at radius 1 is 0.931 bits per heavy atom. The Balaban J connectivity index is 1.47. The van der Waals surface area contributed by atoms with E-state index in [-0.39, 0.29) is 23.7 Å². The van der Waals surface area contributed by atoms with Crippen LogP contribution >= 0.6 is 11.8 Å². The molecule has 0 saturated carbocycles. The van der Waals surface area contributed by atoms with Crippen LogP contribution < -0.4 is 9.80 Å². The molecule has 152 valence electrons. The normalized spacial score (nSPS) is 24.1. The van der Waals surface area contributed by atoms with Crippen molar-refractivity contribution in [2.45, 2.75) is 12.5 Å². The van der Waals surface area contributed by atoms with E-state index in [9.17, 15) is 9.18 Å². The SMILES string of the molecule is O=C(C1Cc2ccccc2N2CCN(c3ccccc3F)CC12)N1CCSCC1. The number of nitrogens with zero attached hydrogens (tertiary/aromatic N) is 3. The number of carbonyl (C=O) groups excluding carboxylic acids is 1. The van der Waals surface area contributed by atoms with E-state index >= 15 is 0 Å². The van der Waals surface area contributed by atoms with Crippen LogP contribution in [0, 0.1) is 11.7 Å². The minimum absolute atomic E-state index is 0.0698. The summed E-state index contributed by atoms with van der Waals surface area (Å²) in [4.78, 5) is 20.1. The van der Waals surface area contributed by atoms with Crippen molar-refractivity contribution in [3.05, 3.63) is 59.9 Å². The van der Waals surface area contributed by atoms with Crippen LogP contribution in [-0.4, -0.2) is 61.1 Å². The molecular formula is C23H26FN3OS. The van der Waals surface area contributed by atoms with Crippen molar-refractivity contribution < 1.29 is 9.18 Å². The maximum absolute atomic E-state index is 14.5. The Bertz CT molecular complexity index is 901. The van der Waals surface area contributed by atoms with Gasteiger partial charge in [-0.15, -0.1) is 0 Å². The van der Waals surface area contributed by atoms with Gasteiger partial charge in [0.05, 0.1) is 17.6 Å². The van der Waals surface area contributed by atoms with Crippen LogP contribution in [0.4, 0.5) is 15.8 Å². The van der Waals surface area contributed by atoms with Crippen LogP contribution in [0.15, 0.2) is 48.5 Å². The van der Waals surface area contributed by atoms with Crippen molar-refractivity contribution in [1.29, 1.82) is 0 Å². The average molecular weight is 412 g/mol. The van der Waals surface area contributed by atoms with Gasteiger partial charge in [0.1, 0.15) is 5.82 Å². The van der Waals surface area contributed by atoms with Gasteiger partial charge in [-0.3, -0.25) is 4.79 Å². The highest BCUT2D eigenvalue weighted by Crippen LogP contribution is 2.38. The third kappa shape index (κ3) is 3.48. The smallest absolute Gasteiger partial charge is 0.228 e. The lowest BCUT2D eigenvalue weighted by molar-refractivity contribution is -0.136. The molecule has 0 bridgehead atoms. The largest absolute Gasteiger partial charge is 0.365 e. The summed E-state index contributed by atoms with van der Waals surface area (Å²) in [6.45, 7) is 3.91. The number of anilines is 2. The van der Waals surface area contributed by atoms with Gasteiger partial charge in [-0.05, 0) is 30.2 Å².